The predicted octanol–water partition coefficient (Wildman–Crippen LogP) is 5.01. The fourth-order valence-corrected chi connectivity index (χ4v) is 5.54. The molecule has 0 amide bonds. The molecule has 1 fully saturated rings. The Labute approximate surface area is 176 Å². The van der Waals surface area contributed by atoms with Crippen LogP contribution < -0.4 is 5.56 Å². The lowest BCUT2D eigenvalue weighted by Gasteiger charge is -2.33. The second-order valence-corrected chi connectivity index (χ2v) is 8.85. The third-order valence-corrected chi connectivity index (χ3v) is 6.98. The van der Waals surface area contributed by atoms with E-state index in [0.717, 1.165) is 35.3 Å². The van der Waals surface area contributed by atoms with E-state index in [1.54, 1.807) is 11.3 Å². The molecule has 6 rings (SSSR count). The van der Waals surface area contributed by atoms with Crippen LogP contribution in [0.1, 0.15) is 36.1 Å². The van der Waals surface area contributed by atoms with E-state index in [1.165, 1.54) is 11.1 Å². The van der Waals surface area contributed by atoms with Crippen molar-refractivity contribution in [2.75, 3.05) is 6.54 Å². The molecular formula is C23H20N4O2S. The van der Waals surface area contributed by atoms with Crippen LogP contribution in [0.2, 0.25) is 0 Å². The van der Waals surface area contributed by atoms with E-state index >= 15 is 0 Å². The molecule has 7 heteroatoms. The predicted molar refractivity (Wildman–Crippen MR) is 119 cm³/mol. The van der Waals surface area contributed by atoms with Crippen LogP contribution in [0.25, 0.3) is 32.3 Å². The molecule has 0 unspecified atom stereocenters. The Morgan fingerprint density at radius 1 is 1.10 bits per heavy atom. The summed E-state index contributed by atoms with van der Waals surface area (Å²) < 4.78 is 6.94. The van der Waals surface area contributed by atoms with Crippen molar-refractivity contribution in [3.63, 3.8) is 0 Å². The summed E-state index contributed by atoms with van der Waals surface area (Å²) in [7, 11) is 0. The highest BCUT2D eigenvalue weighted by atomic mass is 32.1. The second-order valence-electron chi connectivity index (χ2n) is 7.79. The summed E-state index contributed by atoms with van der Waals surface area (Å²) >= 11 is 1.77. The molecule has 0 bridgehead atoms. The van der Waals surface area contributed by atoms with Gasteiger partial charge in [-0.3, -0.25) is 9.69 Å². The smallest absolute Gasteiger partial charge is 0.294 e. The number of H-pyrrole nitrogens is 1. The normalized spacial score (nSPS) is 17.9. The number of benzene rings is 2. The Kier molecular flexibility index (Phi) is 4.17. The molecular weight excluding hydrogens is 396 g/mol. The van der Waals surface area contributed by atoms with Gasteiger partial charge in [-0.1, -0.05) is 30.7 Å². The Morgan fingerprint density at radius 3 is 2.90 bits per heavy atom. The van der Waals surface area contributed by atoms with E-state index in [4.69, 9.17) is 14.4 Å². The Balaban J connectivity index is 1.38. The maximum Gasteiger partial charge on any atom is 0.294 e. The first-order valence-corrected chi connectivity index (χ1v) is 11.1. The number of para-hydroxylation sites is 2. The molecule has 0 radical (unpaired) electrons. The zero-order chi connectivity index (χ0) is 20.1. The summed E-state index contributed by atoms with van der Waals surface area (Å²) in [6, 6.07) is 16.2. The van der Waals surface area contributed by atoms with Crippen LogP contribution >= 0.6 is 11.3 Å². The number of aromatic nitrogens is 3. The van der Waals surface area contributed by atoms with Crippen molar-refractivity contribution >= 4 is 43.6 Å². The van der Waals surface area contributed by atoms with Gasteiger partial charge in [-0.05, 0) is 43.7 Å². The molecule has 0 aliphatic carbocycles. The largest absolute Gasteiger partial charge is 0.449 e. The van der Waals surface area contributed by atoms with Gasteiger partial charge in [0.25, 0.3) is 5.56 Å². The van der Waals surface area contributed by atoms with Crippen LogP contribution in [-0.4, -0.2) is 26.4 Å². The van der Waals surface area contributed by atoms with Gasteiger partial charge < -0.3 is 9.40 Å². The van der Waals surface area contributed by atoms with Crippen LogP contribution in [0.3, 0.4) is 0 Å². The van der Waals surface area contributed by atoms with Gasteiger partial charge in [0.15, 0.2) is 0 Å². The number of furan rings is 1. The van der Waals surface area contributed by atoms with Gasteiger partial charge in [0.05, 0.1) is 22.8 Å². The number of rotatable bonds is 3. The first-order valence-electron chi connectivity index (χ1n) is 10.3. The molecule has 1 aliphatic rings. The third kappa shape index (κ3) is 2.93. The molecule has 1 saturated heterocycles. The first-order chi connectivity index (χ1) is 14.8. The van der Waals surface area contributed by atoms with Crippen molar-refractivity contribution in [2.24, 2.45) is 0 Å². The van der Waals surface area contributed by atoms with Crippen molar-refractivity contribution in [2.45, 2.75) is 31.8 Å². The Morgan fingerprint density at radius 2 is 1.97 bits per heavy atom. The molecule has 1 aliphatic heterocycles. The standard InChI is InChI=1S/C23H20N4O2S/c28-22-21-20(14-7-1-3-10-17(14)29-21)25-19(26-22)13-27-12-6-5-9-16(27)23-24-15-8-2-4-11-18(15)30-23/h1-4,7-8,10-11,16H,5-6,9,12-13H2,(H,25,26,28)/t16-/m0/s1. The van der Waals surface area contributed by atoms with Gasteiger partial charge in [-0.2, -0.15) is 0 Å². The zero-order valence-corrected chi connectivity index (χ0v) is 17.1. The van der Waals surface area contributed by atoms with Crippen molar-refractivity contribution < 1.29 is 4.42 Å². The average molecular weight is 417 g/mol. The SMILES string of the molecule is O=c1[nH]c(CN2CCCC[C@H]2c2nc3ccccc3s2)nc2c1oc1ccccc12. The van der Waals surface area contributed by atoms with Crippen LogP contribution in [0.4, 0.5) is 0 Å². The lowest BCUT2D eigenvalue weighted by molar-refractivity contribution is 0.137. The maximum absolute atomic E-state index is 12.7. The minimum absolute atomic E-state index is 0.222. The van der Waals surface area contributed by atoms with E-state index < -0.39 is 0 Å². The third-order valence-electron chi connectivity index (χ3n) is 5.84. The van der Waals surface area contributed by atoms with Crippen molar-refractivity contribution in [1.29, 1.82) is 0 Å². The summed E-state index contributed by atoms with van der Waals surface area (Å²) in [5.41, 5.74) is 2.45. The van der Waals surface area contributed by atoms with E-state index in [1.807, 2.05) is 30.3 Å². The molecule has 0 saturated carbocycles. The van der Waals surface area contributed by atoms with Gasteiger partial charge in [0, 0.05) is 5.39 Å². The second kappa shape index (κ2) is 7.04. The van der Waals surface area contributed by atoms with Crippen molar-refractivity contribution in [3.05, 3.63) is 69.7 Å². The highest BCUT2D eigenvalue weighted by Gasteiger charge is 2.27. The number of aromatic amines is 1. The van der Waals surface area contributed by atoms with Crippen LogP contribution in [0, 0.1) is 0 Å². The van der Waals surface area contributed by atoms with E-state index in [2.05, 4.69) is 28.1 Å². The number of piperidine rings is 1. The number of fused-ring (bicyclic) bond motifs is 4. The number of nitrogens with one attached hydrogen (secondary N) is 1. The van der Waals surface area contributed by atoms with Gasteiger partial charge in [-0.25, -0.2) is 9.97 Å². The van der Waals surface area contributed by atoms with E-state index in [0.29, 0.717) is 29.1 Å². The molecule has 0 spiro atoms. The average Bonchev–Trinajstić information content (AvgIpc) is 3.36. The molecule has 2 aromatic carbocycles. The Hall–Kier alpha value is -3.03. The minimum Gasteiger partial charge on any atom is -0.449 e. The molecule has 3 aromatic heterocycles. The van der Waals surface area contributed by atoms with E-state index in [9.17, 15) is 4.79 Å². The lowest BCUT2D eigenvalue weighted by Crippen LogP contribution is -2.34. The molecule has 6 nitrogen and oxygen atoms in total. The lowest BCUT2D eigenvalue weighted by atomic mass is 10.0. The first kappa shape index (κ1) is 17.8. The molecule has 1 N–H and O–H groups in total. The summed E-state index contributed by atoms with van der Waals surface area (Å²) in [6.07, 6.45) is 3.40. The molecule has 4 heterocycles. The topological polar surface area (TPSA) is 75.0 Å². The molecule has 1 atom stereocenters. The molecule has 150 valence electrons. The van der Waals surface area contributed by atoms with Gasteiger partial charge in [0.1, 0.15) is 21.9 Å². The van der Waals surface area contributed by atoms with Gasteiger partial charge >= 0.3 is 0 Å². The summed E-state index contributed by atoms with van der Waals surface area (Å²) in [4.78, 5) is 27.7. The van der Waals surface area contributed by atoms with Crippen LogP contribution in [-0.2, 0) is 6.54 Å². The number of nitrogens with zero attached hydrogens (tertiary/aromatic N) is 3. The maximum atomic E-state index is 12.7. The van der Waals surface area contributed by atoms with Crippen LogP contribution in [0.15, 0.2) is 57.7 Å². The molecule has 30 heavy (non-hydrogen) atoms. The highest BCUT2D eigenvalue weighted by Crippen LogP contribution is 2.36. The fraction of sp³-hybridized carbons (Fsp3) is 0.261. The molecule has 5 aromatic rings. The van der Waals surface area contributed by atoms with Gasteiger partial charge in [0.2, 0.25) is 5.58 Å². The minimum atomic E-state index is -0.222. The number of hydrogen-bond acceptors (Lipinski definition) is 6. The summed E-state index contributed by atoms with van der Waals surface area (Å²) in [5.74, 6) is 0.673. The summed E-state index contributed by atoms with van der Waals surface area (Å²) in [5, 5.41) is 2.02. The zero-order valence-electron chi connectivity index (χ0n) is 16.3. The fourth-order valence-electron chi connectivity index (χ4n) is 4.41. The van der Waals surface area contributed by atoms with Crippen molar-refractivity contribution in [1.82, 2.24) is 19.9 Å². The quantitative estimate of drug-likeness (QED) is 0.448. The summed E-state index contributed by atoms with van der Waals surface area (Å²) in [6.45, 7) is 1.56. The van der Waals surface area contributed by atoms with Crippen molar-refractivity contribution in [3.8, 4) is 0 Å². The number of hydrogen-bond donors (Lipinski definition) is 1. The van der Waals surface area contributed by atoms with E-state index in [-0.39, 0.29) is 11.6 Å². The highest BCUT2D eigenvalue weighted by molar-refractivity contribution is 7.18. The van der Waals surface area contributed by atoms with Crippen LogP contribution in [0.5, 0.6) is 0 Å². The Bertz CT molecular complexity index is 1400. The number of likely N-dealkylation sites (tertiary alicyclic amines) is 1. The monoisotopic (exact) mass is 416 g/mol. The number of thiazole rings is 1. The van der Waals surface area contributed by atoms with Gasteiger partial charge in [-0.15, -0.1) is 11.3 Å².